The van der Waals surface area contributed by atoms with Crippen LogP contribution in [0.15, 0.2) is 48.6 Å². The number of piperidine rings is 1. The Kier molecular flexibility index (Phi) is 11.9. The minimum Gasteiger partial charge on any atom is -0.496 e. The number of primary amides is 1. The third-order valence-corrected chi connectivity index (χ3v) is 18.6. The molecule has 1 unspecified atom stereocenters. The number of aliphatic hydroxyl groups excluding tert-OH is 1. The average Bonchev–Trinajstić information content (AvgIpc) is 3.96. The molecule has 9 rings (SSSR count). The maximum absolute atomic E-state index is 15.6. The summed E-state index contributed by atoms with van der Waals surface area (Å²) < 4.78 is 37.0. The number of ether oxygens (including phenoxy) is 2. The van der Waals surface area contributed by atoms with Crippen LogP contribution < -0.4 is 20.7 Å². The summed E-state index contributed by atoms with van der Waals surface area (Å²) in [6.45, 7) is 10.8. The van der Waals surface area contributed by atoms with Gasteiger partial charge in [0.1, 0.15) is 23.4 Å². The molecular weight excluding hydrogens is 864 g/mol. The molecule has 2 bridgehead atoms. The van der Waals surface area contributed by atoms with E-state index in [4.69, 9.17) is 24.3 Å². The second-order valence-corrected chi connectivity index (χ2v) is 21.8. The lowest BCUT2D eigenvalue weighted by Gasteiger charge is -2.63. The maximum Gasteiger partial charge on any atom is 0.340 e. The van der Waals surface area contributed by atoms with Gasteiger partial charge in [0.25, 0.3) is 5.91 Å². The van der Waals surface area contributed by atoms with Gasteiger partial charge in [-0.1, -0.05) is 44.2 Å². The van der Waals surface area contributed by atoms with E-state index >= 15 is 4.79 Å². The Morgan fingerprint density at radius 3 is 2.41 bits per heavy atom. The van der Waals surface area contributed by atoms with Gasteiger partial charge in [0.2, 0.25) is 5.91 Å². The number of benzene rings is 2. The van der Waals surface area contributed by atoms with Gasteiger partial charge < -0.3 is 54.6 Å². The van der Waals surface area contributed by atoms with Crippen molar-refractivity contribution in [2.45, 2.75) is 106 Å². The second-order valence-electron chi connectivity index (χ2n) is 19.7. The highest BCUT2D eigenvalue weighted by Gasteiger charge is 2.78. The molecule has 2 amide bonds. The first-order valence-corrected chi connectivity index (χ1v) is 25.4. The van der Waals surface area contributed by atoms with Crippen LogP contribution in [0.5, 0.6) is 5.75 Å². The molecule has 6 N–H and O–H groups in total. The zero-order valence-electron chi connectivity index (χ0n) is 39.4. The molecule has 5 aliphatic heterocycles. The fourth-order valence-corrected chi connectivity index (χ4v) is 15.8. The van der Waals surface area contributed by atoms with E-state index in [9.17, 15) is 24.4 Å². The number of aliphatic hydroxyl groups is 2. The van der Waals surface area contributed by atoms with Crippen LogP contribution in [0.1, 0.15) is 82.2 Å². The summed E-state index contributed by atoms with van der Waals surface area (Å²) in [4.78, 5) is 53.8. The number of hydrogen-bond donors (Lipinski definition) is 5. The molecule has 2 aromatic carbocycles. The number of nitrogens with one attached hydrogen (secondary N) is 2. The lowest BCUT2D eigenvalue weighted by Crippen LogP contribution is -2.81. The molecule has 3 fully saturated rings. The smallest absolute Gasteiger partial charge is 0.340 e. The van der Waals surface area contributed by atoms with Gasteiger partial charge in [0.15, 0.2) is 5.60 Å². The largest absolute Gasteiger partial charge is 0.496 e. The number of carbonyl (C=O) groups excluding carboxylic acids is 3. The summed E-state index contributed by atoms with van der Waals surface area (Å²) in [5.41, 5.74) is 4.32. The fraction of sp³-hybridized carbons (Fsp3) is 0.612. The number of aromatic amines is 1. The molecule has 3 aromatic rings. The molecule has 358 valence electrons. The zero-order valence-corrected chi connectivity index (χ0v) is 40.2. The van der Waals surface area contributed by atoms with E-state index in [2.05, 4.69) is 32.2 Å². The van der Waals surface area contributed by atoms with E-state index in [1.165, 1.54) is 7.11 Å². The van der Waals surface area contributed by atoms with E-state index in [0.29, 0.717) is 87.5 Å². The molecular formula is C49H67N6O10P. The Hall–Kier alpha value is -4.28. The molecule has 16 nitrogen and oxygen atoms in total. The highest BCUT2D eigenvalue weighted by Crippen LogP contribution is 2.67. The number of fused-ring (bicyclic) bond motifs is 6. The Balaban J connectivity index is 1.26. The standard InChI is InChI=1S/C49H67N6O10P/c1-8-45(52-38(56)28-66(61,64-10-3)65-11-4)25-30-26-48(44(59)63-7,39-32(17-21-54(27-30)29-45)31-15-12-13-16-35(31)51-39)34-23-33-36(24-37(34)62-6)53(5)41-47(33)19-22-55-20-14-18-46(9-2,40(47)55)42(57)49(41,60)43(50)58/h12-16,18,23-24,30,40-42,51,57,60H,8-11,17,19-22,25-29H2,1-7H3,(H2,50,58)(H,52,56)/t30-,40-,41+,42+,45-,46+,47+,48-,49-/m0/s1. The number of para-hydroxylation sites is 1. The van der Waals surface area contributed by atoms with Crippen LogP contribution in [0.4, 0.5) is 5.69 Å². The number of likely N-dealkylation sites (N-methyl/N-ethyl adjacent to an activating group) is 1. The van der Waals surface area contributed by atoms with Crippen LogP contribution in [-0.2, 0) is 50.0 Å². The van der Waals surface area contributed by atoms with Crippen LogP contribution in [0, 0.1) is 11.3 Å². The molecule has 10 atom stereocenters. The van der Waals surface area contributed by atoms with Crippen molar-refractivity contribution in [1.82, 2.24) is 20.1 Å². The van der Waals surface area contributed by atoms with Crippen molar-refractivity contribution in [3.05, 3.63) is 70.9 Å². The van der Waals surface area contributed by atoms with Crippen molar-refractivity contribution >= 4 is 42.0 Å². The summed E-state index contributed by atoms with van der Waals surface area (Å²) in [6, 6.07) is 10.8. The number of methoxy groups -OCH3 is 2. The van der Waals surface area contributed by atoms with Crippen LogP contribution in [0.3, 0.4) is 0 Å². The van der Waals surface area contributed by atoms with Crippen molar-refractivity contribution in [2.75, 3.05) is 78.3 Å². The van der Waals surface area contributed by atoms with Crippen molar-refractivity contribution in [3.63, 3.8) is 0 Å². The Labute approximate surface area is 387 Å². The highest BCUT2D eigenvalue weighted by atomic mass is 31.2. The summed E-state index contributed by atoms with van der Waals surface area (Å²) in [6.07, 6.45) is 4.97. The molecule has 1 spiro atoms. The van der Waals surface area contributed by atoms with Crippen LogP contribution >= 0.6 is 7.60 Å². The Morgan fingerprint density at radius 2 is 1.74 bits per heavy atom. The first-order chi connectivity index (χ1) is 31.5. The number of nitrogens with two attached hydrogens (primary N) is 1. The number of anilines is 1. The van der Waals surface area contributed by atoms with E-state index in [1.807, 2.05) is 62.2 Å². The normalized spacial score (nSPS) is 34.6. The quantitative estimate of drug-likeness (QED) is 0.0930. The van der Waals surface area contributed by atoms with E-state index in [-0.39, 0.29) is 31.6 Å². The topological polar surface area (TPSA) is 209 Å². The molecule has 1 aromatic heterocycles. The number of hydrogen-bond acceptors (Lipinski definition) is 13. The molecule has 1 saturated carbocycles. The predicted molar refractivity (Wildman–Crippen MR) is 250 cm³/mol. The van der Waals surface area contributed by atoms with Crippen molar-refractivity contribution in [3.8, 4) is 5.75 Å². The van der Waals surface area contributed by atoms with Gasteiger partial charge in [-0.25, -0.2) is 0 Å². The average molecular weight is 931 g/mol. The third-order valence-electron chi connectivity index (χ3n) is 16.7. The van der Waals surface area contributed by atoms with Gasteiger partial charge in [-0.3, -0.25) is 23.8 Å². The van der Waals surface area contributed by atoms with Gasteiger partial charge in [-0.2, -0.15) is 0 Å². The first-order valence-electron chi connectivity index (χ1n) is 23.7. The monoisotopic (exact) mass is 930 g/mol. The Morgan fingerprint density at radius 1 is 1.00 bits per heavy atom. The Bertz CT molecular complexity index is 2510. The third kappa shape index (κ3) is 6.52. The van der Waals surface area contributed by atoms with Crippen LogP contribution in [0.2, 0.25) is 0 Å². The number of aromatic nitrogens is 1. The van der Waals surface area contributed by atoms with Crippen molar-refractivity contribution in [2.24, 2.45) is 17.1 Å². The lowest BCUT2D eigenvalue weighted by atomic mass is 9.47. The maximum atomic E-state index is 15.6. The van der Waals surface area contributed by atoms with Gasteiger partial charge >= 0.3 is 13.6 Å². The molecule has 1 aliphatic carbocycles. The lowest BCUT2D eigenvalue weighted by molar-refractivity contribution is -0.201. The summed E-state index contributed by atoms with van der Waals surface area (Å²) >= 11 is 0. The van der Waals surface area contributed by atoms with Crippen molar-refractivity contribution < 1.29 is 47.7 Å². The van der Waals surface area contributed by atoms with Gasteiger partial charge in [-0.15, -0.1) is 0 Å². The van der Waals surface area contributed by atoms with Crippen LogP contribution in [0.25, 0.3) is 10.9 Å². The van der Waals surface area contributed by atoms with E-state index in [1.54, 1.807) is 21.0 Å². The molecule has 17 heteroatoms. The predicted octanol–water partition coefficient (Wildman–Crippen LogP) is 4.12. The van der Waals surface area contributed by atoms with Gasteiger partial charge in [-0.05, 0) is 88.1 Å². The molecule has 2 saturated heterocycles. The number of amides is 2. The summed E-state index contributed by atoms with van der Waals surface area (Å²) in [5, 5.41) is 29.6. The second kappa shape index (κ2) is 16.7. The highest BCUT2D eigenvalue weighted by molar-refractivity contribution is 7.54. The number of rotatable bonds is 13. The van der Waals surface area contributed by atoms with E-state index in [0.717, 1.165) is 22.0 Å². The molecule has 66 heavy (non-hydrogen) atoms. The minimum atomic E-state index is -3.70. The number of esters is 1. The van der Waals surface area contributed by atoms with Crippen molar-refractivity contribution in [1.29, 1.82) is 0 Å². The summed E-state index contributed by atoms with van der Waals surface area (Å²) in [7, 11) is 1.12. The SMILES string of the molecule is CCOP(=O)(CC(=O)N[C@@]1(CC)C[C@@H]2CN(CCc3c([nH]c4ccccc34)[C@@](C(=O)OC)(c3cc4c(cc3OC)N(C)[C@H]3[C@@](O)(C(N)=O)[C@H](O)[C@]5(CC)C=CCN6CC[C@]43[C@@H]65)C2)C1)OCC. The number of nitrogens with zero attached hydrogens (tertiary/aromatic N) is 3. The first kappa shape index (κ1) is 46.8. The molecule has 6 heterocycles. The minimum absolute atomic E-state index is 0.136. The zero-order chi connectivity index (χ0) is 47.2. The number of carbonyl (C=O) groups is 3. The molecule has 0 radical (unpaired) electrons. The van der Waals surface area contributed by atoms with Gasteiger partial charge in [0, 0.05) is 84.0 Å². The fourth-order valence-electron chi connectivity index (χ4n) is 14.3. The van der Waals surface area contributed by atoms with Gasteiger partial charge in [0.05, 0.1) is 39.0 Å². The number of H-pyrrole nitrogens is 1. The van der Waals surface area contributed by atoms with Crippen LogP contribution in [-0.4, -0.2) is 145 Å². The summed E-state index contributed by atoms with van der Waals surface area (Å²) in [5.74, 6) is -1.69. The van der Waals surface area contributed by atoms with E-state index < -0.39 is 71.1 Å². The molecule has 6 aliphatic rings.